The molecule has 3 rings (SSSR count). The predicted molar refractivity (Wildman–Crippen MR) is 94.1 cm³/mol. The van der Waals surface area contributed by atoms with Gasteiger partial charge in [-0.15, -0.1) is 0 Å². The summed E-state index contributed by atoms with van der Waals surface area (Å²) in [7, 11) is 0. The lowest BCUT2D eigenvalue weighted by molar-refractivity contribution is 0.0938. The Morgan fingerprint density at radius 1 is 1.12 bits per heavy atom. The summed E-state index contributed by atoms with van der Waals surface area (Å²) in [6.07, 6.45) is 1.61. The van der Waals surface area contributed by atoms with Crippen LogP contribution < -0.4 is 5.32 Å². The van der Waals surface area contributed by atoms with Crippen LogP contribution in [0.5, 0.6) is 0 Å². The molecule has 0 fully saturated rings. The summed E-state index contributed by atoms with van der Waals surface area (Å²) in [6, 6.07) is 14.1. The molecule has 1 aromatic carbocycles. The zero-order valence-electron chi connectivity index (χ0n) is 14.3. The van der Waals surface area contributed by atoms with Gasteiger partial charge in [0.05, 0.1) is 12.8 Å². The smallest absolute Gasteiger partial charge is 0.268 e. The van der Waals surface area contributed by atoms with Gasteiger partial charge in [-0.2, -0.15) is 0 Å². The van der Waals surface area contributed by atoms with Gasteiger partial charge in [0.25, 0.3) is 5.91 Å². The minimum atomic E-state index is -0.0795. The number of carbonyl (C=O) groups is 1. The number of benzene rings is 1. The lowest BCUT2D eigenvalue weighted by Gasteiger charge is -2.13. The molecule has 0 aliphatic heterocycles. The van der Waals surface area contributed by atoms with Gasteiger partial charge < -0.3 is 14.3 Å². The second-order valence-electron chi connectivity index (χ2n) is 6.15. The van der Waals surface area contributed by atoms with E-state index in [0.29, 0.717) is 18.8 Å². The second kappa shape index (κ2) is 6.79. The van der Waals surface area contributed by atoms with Crippen molar-refractivity contribution in [1.29, 1.82) is 0 Å². The van der Waals surface area contributed by atoms with E-state index in [2.05, 4.69) is 47.1 Å². The molecule has 2 aromatic heterocycles. The van der Waals surface area contributed by atoms with Crippen LogP contribution in [-0.4, -0.2) is 10.5 Å². The van der Waals surface area contributed by atoms with Crippen molar-refractivity contribution in [2.75, 3.05) is 0 Å². The Hall–Kier alpha value is -2.75. The highest BCUT2D eigenvalue weighted by Gasteiger charge is 2.17. The van der Waals surface area contributed by atoms with Crippen LogP contribution in [0, 0.1) is 20.8 Å². The summed E-state index contributed by atoms with van der Waals surface area (Å²) < 4.78 is 7.34. The summed E-state index contributed by atoms with van der Waals surface area (Å²) in [5, 5.41) is 2.94. The Kier molecular flexibility index (Phi) is 4.56. The maximum Gasteiger partial charge on any atom is 0.268 e. The quantitative estimate of drug-likeness (QED) is 0.772. The molecule has 0 aliphatic rings. The van der Waals surface area contributed by atoms with Gasteiger partial charge in [0.15, 0.2) is 0 Å². The average Bonchev–Trinajstić information content (AvgIpc) is 3.16. The third-order valence-corrected chi connectivity index (χ3v) is 4.17. The van der Waals surface area contributed by atoms with Crippen molar-refractivity contribution >= 4 is 5.91 Å². The number of aromatic nitrogens is 1. The first kappa shape index (κ1) is 16.1. The molecule has 4 nitrogen and oxygen atoms in total. The molecule has 24 heavy (non-hydrogen) atoms. The van der Waals surface area contributed by atoms with Crippen LogP contribution in [0.3, 0.4) is 0 Å². The number of hydrogen-bond acceptors (Lipinski definition) is 2. The van der Waals surface area contributed by atoms with Crippen LogP contribution in [0.15, 0.2) is 53.1 Å². The molecular weight excluding hydrogens is 300 g/mol. The molecular formula is C20H22N2O2. The monoisotopic (exact) mass is 322 g/mol. The molecule has 0 atom stereocenters. The van der Waals surface area contributed by atoms with Crippen molar-refractivity contribution in [3.8, 4) is 0 Å². The van der Waals surface area contributed by atoms with Crippen molar-refractivity contribution in [3.05, 3.63) is 82.6 Å². The van der Waals surface area contributed by atoms with E-state index in [1.807, 2.05) is 26.0 Å². The van der Waals surface area contributed by atoms with Crippen LogP contribution in [0.4, 0.5) is 0 Å². The van der Waals surface area contributed by atoms with E-state index in [1.54, 1.807) is 6.26 Å². The minimum absolute atomic E-state index is 0.0795. The molecule has 0 bridgehead atoms. The SMILES string of the molecule is Cc1ccc(Cn2c(C)cc(C)c2C(=O)NCc2ccco2)cc1. The zero-order chi connectivity index (χ0) is 17.1. The Balaban J connectivity index is 1.81. The van der Waals surface area contributed by atoms with Crippen molar-refractivity contribution in [2.24, 2.45) is 0 Å². The molecule has 0 saturated heterocycles. The maximum atomic E-state index is 12.7. The third kappa shape index (κ3) is 3.43. The van der Waals surface area contributed by atoms with Gasteiger partial charge in [-0.05, 0) is 50.1 Å². The molecule has 0 unspecified atom stereocenters. The van der Waals surface area contributed by atoms with E-state index in [1.165, 1.54) is 11.1 Å². The molecule has 4 heteroatoms. The zero-order valence-corrected chi connectivity index (χ0v) is 14.3. The summed E-state index contributed by atoms with van der Waals surface area (Å²) in [5.41, 5.74) is 5.18. The van der Waals surface area contributed by atoms with Gasteiger partial charge in [-0.1, -0.05) is 29.8 Å². The van der Waals surface area contributed by atoms with Crippen LogP contribution in [0.1, 0.15) is 38.6 Å². The van der Waals surface area contributed by atoms with Gasteiger partial charge in [-0.3, -0.25) is 4.79 Å². The Morgan fingerprint density at radius 2 is 1.88 bits per heavy atom. The van der Waals surface area contributed by atoms with E-state index in [-0.39, 0.29) is 5.91 Å². The van der Waals surface area contributed by atoms with E-state index < -0.39 is 0 Å². The molecule has 0 radical (unpaired) electrons. The standard InChI is InChI=1S/C20H22N2O2/c1-14-6-8-17(9-7-14)13-22-16(3)11-15(2)19(22)20(23)21-12-18-5-4-10-24-18/h4-11H,12-13H2,1-3H3,(H,21,23). The fourth-order valence-corrected chi connectivity index (χ4v) is 2.89. The molecule has 1 amide bonds. The number of furan rings is 1. The van der Waals surface area contributed by atoms with Gasteiger partial charge in [0, 0.05) is 12.2 Å². The predicted octanol–water partition coefficient (Wildman–Crippen LogP) is 3.98. The van der Waals surface area contributed by atoms with Gasteiger partial charge >= 0.3 is 0 Å². The largest absolute Gasteiger partial charge is 0.467 e. The first-order valence-corrected chi connectivity index (χ1v) is 8.07. The molecule has 0 saturated carbocycles. The van der Waals surface area contributed by atoms with E-state index in [9.17, 15) is 4.79 Å². The molecule has 3 aromatic rings. The summed E-state index contributed by atoms with van der Waals surface area (Å²) in [6.45, 7) is 7.15. The van der Waals surface area contributed by atoms with Gasteiger partial charge in [-0.25, -0.2) is 0 Å². The number of aryl methyl sites for hydroxylation is 3. The van der Waals surface area contributed by atoms with Crippen molar-refractivity contribution < 1.29 is 9.21 Å². The number of hydrogen-bond donors (Lipinski definition) is 1. The highest BCUT2D eigenvalue weighted by Crippen LogP contribution is 2.18. The van der Waals surface area contributed by atoms with Crippen molar-refractivity contribution in [3.63, 3.8) is 0 Å². The highest BCUT2D eigenvalue weighted by atomic mass is 16.3. The van der Waals surface area contributed by atoms with Crippen molar-refractivity contribution in [2.45, 2.75) is 33.9 Å². The molecule has 0 spiro atoms. The number of rotatable bonds is 5. The van der Waals surface area contributed by atoms with E-state index in [4.69, 9.17) is 4.42 Å². The summed E-state index contributed by atoms with van der Waals surface area (Å²) in [4.78, 5) is 12.7. The fourth-order valence-electron chi connectivity index (χ4n) is 2.89. The number of carbonyl (C=O) groups excluding carboxylic acids is 1. The van der Waals surface area contributed by atoms with E-state index >= 15 is 0 Å². The molecule has 2 heterocycles. The van der Waals surface area contributed by atoms with Crippen LogP contribution >= 0.6 is 0 Å². The Labute approximate surface area is 142 Å². The Morgan fingerprint density at radius 3 is 2.54 bits per heavy atom. The van der Waals surface area contributed by atoms with E-state index in [0.717, 1.165) is 17.0 Å². The average molecular weight is 322 g/mol. The lowest BCUT2D eigenvalue weighted by atomic mass is 10.1. The molecule has 1 N–H and O–H groups in total. The number of nitrogens with one attached hydrogen (secondary N) is 1. The highest BCUT2D eigenvalue weighted by molar-refractivity contribution is 5.94. The summed E-state index contributed by atoms with van der Waals surface area (Å²) >= 11 is 0. The molecule has 0 aliphatic carbocycles. The fraction of sp³-hybridized carbons (Fsp3) is 0.250. The first-order valence-electron chi connectivity index (χ1n) is 8.07. The Bertz CT molecular complexity index is 827. The topological polar surface area (TPSA) is 47.2 Å². The van der Waals surface area contributed by atoms with Crippen LogP contribution in [0.25, 0.3) is 0 Å². The van der Waals surface area contributed by atoms with Crippen molar-refractivity contribution in [1.82, 2.24) is 9.88 Å². The normalized spacial score (nSPS) is 10.8. The number of nitrogens with zero attached hydrogens (tertiary/aromatic N) is 1. The lowest BCUT2D eigenvalue weighted by Crippen LogP contribution is -2.26. The summed E-state index contributed by atoms with van der Waals surface area (Å²) in [5.74, 6) is 0.665. The minimum Gasteiger partial charge on any atom is -0.467 e. The number of amides is 1. The third-order valence-electron chi connectivity index (χ3n) is 4.17. The second-order valence-corrected chi connectivity index (χ2v) is 6.15. The maximum absolute atomic E-state index is 12.7. The van der Waals surface area contributed by atoms with Gasteiger partial charge in [0.1, 0.15) is 11.5 Å². The first-order chi connectivity index (χ1) is 11.5. The van der Waals surface area contributed by atoms with Gasteiger partial charge in [0.2, 0.25) is 0 Å². The van der Waals surface area contributed by atoms with Crippen LogP contribution in [0.2, 0.25) is 0 Å². The van der Waals surface area contributed by atoms with Crippen LogP contribution in [-0.2, 0) is 13.1 Å². The molecule has 124 valence electrons.